The first kappa shape index (κ1) is 33.7. The third-order valence-electron chi connectivity index (χ3n) is 10.3. The smallest absolute Gasteiger partial charge is 0.211 e. The Hall–Kier alpha value is -3.42. The standard InChI is InChI=1S/C44H42O2S4/c1-3-5-7-9-11-29-15-19-37(47-29)39-23-21-35(49-39)27-13-17-31-33(25-27)41-32-18-14-28(26-34(32)42(31)44(46)43(41)45)36-22-24-40(50-36)38-20-16-30(48-38)12-10-8-6-4-2/h13-26,41-42H,3-12H2,1-2H3. The first-order valence-electron chi connectivity index (χ1n) is 18.3. The van der Waals surface area contributed by atoms with Crippen molar-refractivity contribution in [2.24, 2.45) is 0 Å². The predicted octanol–water partition coefficient (Wildman–Crippen LogP) is 13.6. The number of ketones is 2. The van der Waals surface area contributed by atoms with Crippen LogP contribution in [-0.2, 0) is 22.4 Å². The van der Waals surface area contributed by atoms with E-state index in [4.69, 9.17) is 0 Å². The number of hydrogen-bond donors (Lipinski definition) is 0. The number of unbranched alkanes of at least 4 members (excludes halogenated alkanes) is 6. The molecule has 4 aromatic heterocycles. The van der Waals surface area contributed by atoms with E-state index in [1.165, 1.54) is 90.4 Å². The van der Waals surface area contributed by atoms with Gasteiger partial charge in [0.1, 0.15) is 0 Å². The zero-order valence-electron chi connectivity index (χ0n) is 28.8. The van der Waals surface area contributed by atoms with Crippen molar-refractivity contribution in [3.05, 3.63) is 117 Å². The summed E-state index contributed by atoms with van der Waals surface area (Å²) < 4.78 is 0. The molecule has 0 spiro atoms. The van der Waals surface area contributed by atoms with Crippen LogP contribution in [0.1, 0.15) is 109 Å². The molecule has 0 aliphatic heterocycles. The van der Waals surface area contributed by atoms with Crippen molar-refractivity contribution in [1.29, 1.82) is 0 Å². The first-order valence-corrected chi connectivity index (χ1v) is 21.5. The van der Waals surface area contributed by atoms with Gasteiger partial charge in [-0.2, -0.15) is 0 Å². The summed E-state index contributed by atoms with van der Waals surface area (Å²) in [5.41, 5.74) is 6.22. The van der Waals surface area contributed by atoms with Gasteiger partial charge >= 0.3 is 0 Å². The molecule has 6 heteroatoms. The second-order valence-electron chi connectivity index (χ2n) is 13.8. The van der Waals surface area contributed by atoms with E-state index in [1.807, 2.05) is 45.3 Å². The highest BCUT2D eigenvalue weighted by Crippen LogP contribution is 2.52. The van der Waals surface area contributed by atoms with Crippen LogP contribution in [0.2, 0.25) is 0 Å². The Morgan fingerprint density at radius 3 is 1.26 bits per heavy atom. The third-order valence-corrected chi connectivity index (χ3v) is 15.3. The predicted molar refractivity (Wildman–Crippen MR) is 216 cm³/mol. The van der Waals surface area contributed by atoms with Crippen LogP contribution in [0.4, 0.5) is 0 Å². The molecule has 2 aromatic carbocycles. The molecule has 2 unspecified atom stereocenters. The van der Waals surface area contributed by atoms with Crippen molar-refractivity contribution in [2.75, 3.05) is 0 Å². The van der Waals surface area contributed by atoms with Crippen LogP contribution in [0.5, 0.6) is 0 Å². The Kier molecular flexibility index (Phi) is 9.89. The number of Topliss-reactive ketones (excluding diaryl/α,β-unsaturated/α-hetero) is 2. The van der Waals surface area contributed by atoms with E-state index in [1.54, 1.807) is 0 Å². The molecule has 0 saturated heterocycles. The topological polar surface area (TPSA) is 34.1 Å². The van der Waals surface area contributed by atoms with Gasteiger partial charge in [-0.15, -0.1) is 45.3 Å². The lowest BCUT2D eigenvalue weighted by Crippen LogP contribution is -2.40. The summed E-state index contributed by atoms with van der Waals surface area (Å²) >= 11 is 7.44. The molecule has 0 amide bonds. The second kappa shape index (κ2) is 14.7. The van der Waals surface area contributed by atoms with Crippen LogP contribution in [0.3, 0.4) is 0 Å². The minimum Gasteiger partial charge on any atom is -0.290 e. The van der Waals surface area contributed by atoms with Gasteiger partial charge < -0.3 is 0 Å². The number of aryl methyl sites for hydroxylation is 2. The molecule has 4 heterocycles. The molecule has 0 radical (unpaired) electrons. The number of benzene rings is 2. The van der Waals surface area contributed by atoms with E-state index >= 15 is 0 Å². The molecule has 0 saturated carbocycles. The Bertz CT molecular complexity index is 2020. The lowest BCUT2D eigenvalue weighted by molar-refractivity contribution is -0.138. The summed E-state index contributed by atoms with van der Waals surface area (Å²) in [6.07, 6.45) is 12.6. The lowest BCUT2D eigenvalue weighted by atomic mass is 9.62. The van der Waals surface area contributed by atoms with Crippen molar-refractivity contribution >= 4 is 56.9 Å². The maximum Gasteiger partial charge on any atom is 0.211 e. The van der Waals surface area contributed by atoms with Crippen LogP contribution < -0.4 is 0 Å². The highest BCUT2D eigenvalue weighted by molar-refractivity contribution is 7.24. The maximum absolute atomic E-state index is 13.5. The Morgan fingerprint density at radius 2 is 0.820 bits per heavy atom. The molecule has 0 fully saturated rings. The molecule has 3 aliphatic carbocycles. The summed E-state index contributed by atoms with van der Waals surface area (Å²) in [5, 5.41) is 0. The monoisotopic (exact) mass is 730 g/mol. The van der Waals surface area contributed by atoms with Gasteiger partial charge in [-0.1, -0.05) is 76.6 Å². The van der Waals surface area contributed by atoms with Crippen LogP contribution in [0.15, 0.2) is 84.9 Å². The Labute approximate surface area is 311 Å². The largest absolute Gasteiger partial charge is 0.290 e. The van der Waals surface area contributed by atoms with Crippen molar-refractivity contribution in [2.45, 2.75) is 89.9 Å². The molecule has 9 rings (SSSR count). The molecule has 2 nitrogen and oxygen atoms in total. The van der Waals surface area contributed by atoms with Gasteiger partial charge in [-0.3, -0.25) is 9.59 Å². The minimum absolute atomic E-state index is 0.265. The Balaban J connectivity index is 1.03. The quantitative estimate of drug-likeness (QED) is 0.0826. The molecule has 50 heavy (non-hydrogen) atoms. The van der Waals surface area contributed by atoms with Gasteiger partial charge in [-0.25, -0.2) is 0 Å². The highest BCUT2D eigenvalue weighted by Gasteiger charge is 2.49. The fraction of sp³-hybridized carbons (Fsp3) is 0.318. The number of rotatable bonds is 14. The van der Waals surface area contributed by atoms with Crippen LogP contribution >= 0.6 is 45.3 Å². The second-order valence-corrected chi connectivity index (χ2v) is 18.3. The average molecular weight is 731 g/mol. The minimum atomic E-state index is -0.528. The fourth-order valence-corrected chi connectivity index (χ4v) is 11.9. The van der Waals surface area contributed by atoms with Gasteiger partial charge in [0.2, 0.25) is 11.6 Å². The van der Waals surface area contributed by atoms with Gasteiger partial charge in [0.15, 0.2) is 0 Å². The molecule has 0 N–H and O–H groups in total. The Morgan fingerprint density at radius 1 is 0.420 bits per heavy atom. The summed E-state index contributed by atoms with van der Waals surface area (Å²) in [6.45, 7) is 4.52. The van der Waals surface area contributed by atoms with Crippen LogP contribution in [0.25, 0.3) is 40.4 Å². The number of carbonyl (C=O) groups is 2. The van der Waals surface area contributed by atoms with Gasteiger partial charge in [0.25, 0.3) is 0 Å². The maximum atomic E-state index is 13.5. The normalized spacial score (nSPS) is 16.3. The van der Waals surface area contributed by atoms with Crippen molar-refractivity contribution in [1.82, 2.24) is 0 Å². The van der Waals surface area contributed by atoms with Crippen molar-refractivity contribution in [3.8, 4) is 40.4 Å². The molecule has 2 bridgehead atoms. The zero-order valence-corrected chi connectivity index (χ0v) is 32.0. The molecular formula is C44H42O2S4. The van der Waals surface area contributed by atoms with Crippen LogP contribution in [-0.4, -0.2) is 11.6 Å². The van der Waals surface area contributed by atoms with Crippen molar-refractivity contribution in [3.63, 3.8) is 0 Å². The van der Waals surface area contributed by atoms with E-state index in [-0.39, 0.29) is 11.6 Å². The van der Waals surface area contributed by atoms with E-state index in [2.05, 4.69) is 98.8 Å². The first-order chi connectivity index (χ1) is 24.5. The SMILES string of the molecule is CCCCCCc1ccc(-c2ccc(-c3ccc4c(c3)C3C(=O)C(=O)C4c4cc(-c5ccc(-c6ccc(CCCCCC)s6)s5)ccc43)s2)s1. The van der Waals surface area contributed by atoms with E-state index in [9.17, 15) is 9.59 Å². The van der Waals surface area contributed by atoms with E-state index < -0.39 is 11.8 Å². The molecular weight excluding hydrogens is 689 g/mol. The summed E-state index contributed by atoms with van der Waals surface area (Å²) in [7, 11) is 0. The highest BCUT2D eigenvalue weighted by atomic mass is 32.1. The molecule has 6 aromatic rings. The van der Waals surface area contributed by atoms with Gasteiger partial charge in [0, 0.05) is 39.0 Å². The fourth-order valence-electron chi connectivity index (χ4n) is 7.66. The number of carbonyl (C=O) groups excluding carboxylic acids is 2. The molecule has 2 atom stereocenters. The molecule has 254 valence electrons. The van der Waals surface area contributed by atoms with E-state index in [0.29, 0.717) is 0 Å². The lowest BCUT2D eigenvalue weighted by Gasteiger charge is -2.38. The summed E-state index contributed by atoms with van der Waals surface area (Å²) in [6, 6.07) is 30.9. The van der Waals surface area contributed by atoms with Gasteiger partial charge in [0.05, 0.1) is 11.8 Å². The number of hydrogen-bond acceptors (Lipinski definition) is 6. The zero-order chi connectivity index (χ0) is 34.2. The van der Waals surface area contributed by atoms with Crippen molar-refractivity contribution < 1.29 is 9.59 Å². The number of fused-ring (bicyclic) bond motifs is 1. The van der Waals surface area contributed by atoms with E-state index in [0.717, 1.165) is 46.2 Å². The van der Waals surface area contributed by atoms with Gasteiger partial charge in [-0.05, 0) is 120 Å². The summed E-state index contributed by atoms with van der Waals surface area (Å²) in [4.78, 5) is 37.6. The average Bonchev–Trinajstić information content (AvgIpc) is 3.97. The molecule has 3 aliphatic rings. The van der Waals surface area contributed by atoms with Crippen LogP contribution in [0, 0.1) is 0 Å². The third kappa shape index (κ3) is 6.45. The summed E-state index contributed by atoms with van der Waals surface area (Å²) in [5.74, 6) is -1.59. The number of thiophene rings is 4.